The molecular formula is C12H17BrN2O. The Balaban J connectivity index is 2.66. The van der Waals surface area contributed by atoms with Crippen LogP contribution in [0.1, 0.15) is 15.9 Å². The highest BCUT2D eigenvalue weighted by atomic mass is 79.9. The van der Waals surface area contributed by atoms with Gasteiger partial charge in [-0.15, -0.1) is 0 Å². The Morgan fingerprint density at radius 1 is 1.44 bits per heavy atom. The lowest BCUT2D eigenvalue weighted by atomic mass is 10.1. The van der Waals surface area contributed by atoms with Crippen LogP contribution >= 0.6 is 15.9 Å². The molecule has 0 unspecified atom stereocenters. The quantitative estimate of drug-likeness (QED) is 0.918. The third kappa shape index (κ3) is 3.61. The predicted molar refractivity (Wildman–Crippen MR) is 69.8 cm³/mol. The molecule has 1 rings (SSSR count). The number of nitrogens with one attached hydrogen (secondary N) is 1. The summed E-state index contributed by atoms with van der Waals surface area (Å²) in [5.74, 6) is -0.0215. The van der Waals surface area contributed by atoms with E-state index >= 15 is 0 Å². The van der Waals surface area contributed by atoms with Crippen molar-refractivity contribution in [3.63, 3.8) is 0 Å². The maximum Gasteiger partial charge on any atom is 0.252 e. The van der Waals surface area contributed by atoms with Gasteiger partial charge in [-0.3, -0.25) is 4.79 Å². The fraction of sp³-hybridized carbons (Fsp3) is 0.417. The molecule has 0 radical (unpaired) electrons. The zero-order chi connectivity index (χ0) is 12.1. The maximum absolute atomic E-state index is 11.9. The highest BCUT2D eigenvalue weighted by molar-refractivity contribution is 9.10. The molecule has 0 atom stereocenters. The van der Waals surface area contributed by atoms with Gasteiger partial charge in [0.15, 0.2) is 0 Å². The summed E-state index contributed by atoms with van der Waals surface area (Å²) in [6, 6.07) is 5.75. The molecule has 3 nitrogen and oxygen atoms in total. The van der Waals surface area contributed by atoms with Gasteiger partial charge in [0.2, 0.25) is 0 Å². The number of hydrogen-bond donors (Lipinski definition) is 1. The molecule has 1 aromatic rings. The Hall–Kier alpha value is -0.870. The van der Waals surface area contributed by atoms with Gasteiger partial charge in [-0.1, -0.05) is 12.1 Å². The SMILES string of the molecule is Cc1cccc(Br)c1C(=O)NCCN(C)C. The van der Waals surface area contributed by atoms with Crippen LogP contribution in [0.15, 0.2) is 22.7 Å². The maximum atomic E-state index is 11.9. The monoisotopic (exact) mass is 284 g/mol. The minimum absolute atomic E-state index is 0.0215. The van der Waals surface area contributed by atoms with Gasteiger partial charge in [-0.25, -0.2) is 0 Å². The Morgan fingerprint density at radius 3 is 2.69 bits per heavy atom. The summed E-state index contributed by atoms with van der Waals surface area (Å²) in [5.41, 5.74) is 1.71. The second-order valence-electron chi connectivity index (χ2n) is 3.99. The van der Waals surface area contributed by atoms with Crippen molar-refractivity contribution in [2.75, 3.05) is 27.2 Å². The molecular weight excluding hydrogens is 268 g/mol. The van der Waals surface area contributed by atoms with E-state index in [9.17, 15) is 4.79 Å². The molecule has 0 saturated carbocycles. The number of carbonyl (C=O) groups excluding carboxylic acids is 1. The fourth-order valence-electron chi connectivity index (χ4n) is 1.40. The molecule has 0 bridgehead atoms. The van der Waals surface area contributed by atoms with Gasteiger partial charge < -0.3 is 10.2 Å². The van der Waals surface area contributed by atoms with Gasteiger partial charge in [-0.2, -0.15) is 0 Å². The van der Waals surface area contributed by atoms with Crippen molar-refractivity contribution in [1.29, 1.82) is 0 Å². The van der Waals surface area contributed by atoms with Crippen LogP contribution in [0.3, 0.4) is 0 Å². The molecule has 16 heavy (non-hydrogen) atoms. The van der Waals surface area contributed by atoms with Crippen molar-refractivity contribution in [3.05, 3.63) is 33.8 Å². The largest absolute Gasteiger partial charge is 0.351 e. The molecule has 4 heteroatoms. The number of halogens is 1. The first-order valence-corrected chi connectivity index (χ1v) is 5.99. The summed E-state index contributed by atoms with van der Waals surface area (Å²) in [5, 5.41) is 2.90. The Bertz CT molecular complexity index is 357. The number of amides is 1. The second kappa shape index (κ2) is 6.01. The summed E-state index contributed by atoms with van der Waals surface area (Å²) in [6.07, 6.45) is 0. The smallest absolute Gasteiger partial charge is 0.252 e. The molecule has 1 N–H and O–H groups in total. The highest BCUT2D eigenvalue weighted by Gasteiger charge is 2.11. The van der Waals surface area contributed by atoms with Gasteiger partial charge in [0.1, 0.15) is 0 Å². The Labute approximate surface area is 105 Å². The van der Waals surface area contributed by atoms with Crippen LogP contribution in [0, 0.1) is 6.92 Å². The second-order valence-corrected chi connectivity index (χ2v) is 4.85. The minimum atomic E-state index is -0.0215. The van der Waals surface area contributed by atoms with Crippen LogP contribution < -0.4 is 5.32 Å². The first kappa shape index (κ1) is 13.2. The molecule has 0 aliphatic heterocycles. The van der Waals surface area contributed by atoms with Crippen molar-refractivity contribution in [2.45, 2.75) is 6.92 Å². The van der Waals surface area contributed by atoms with E-state index < -0.39 is 0 Å². The highest BCUT2D eigenvalue weighted by Crippen LogP contribution is 2.19. The molecule has 0 saturated heterocycles. The molecule has 0 spiro atoms. The standard InChI is InChI=1S/C12H17BrN2O/c1-9-5-4-6-10(13)11(9)12(16)14-7-8-15(2)3/h4-6H,7-8H2,1-3H3,(H,14,16). The lowest BCUT2D eigenvalue weighted by Gasteiger charge is -2.12. The van der Waals surface area contributed by atoms with E-state index in [0.29, 0.717) is 6.54 Å². The minimum Gasteiger partial charge on any atom is -0.351 e. The predicted octanol–water partition coefficient (Wildman–Crippen LogP) is 2.05. The summed E-state index contributed by atoms with van der Waals surface area (Å²) in [4.78, 5) is 13.9. The number of rotatable bonds is 4. The topological polar surface area (TPSA) is 32.3 Å². The van der Waals surface area contributed by atoms with Crippen LogP contribution in [0.4, 0.5) is 0 Å². The lowest BCUT2D eigenvalue weighted by molar-refractivity contribution is 0.0949. The number of nitrogens with zero attached hydrogens (tertiary/aromatic N) is 1. The van der Waals surface area contributed by atoms with Gasteiger partial charge in [0, 0.05) is 17.6 Å². The van der Waals surface area contributed by atoms with Crippen molar-refractivity contribution >= 4 is 21.8 Å². The molecule has 0 aromatic heterocycles. The molecule has 88 valence electrons. The average Bonchev–Trinajstić information content (AvgIpc) is 2.16. The summed E-state index contributed by atoms with van der Waals surface area (Å²) in [6.45, 7) is 3.44. The normalized spacial score (nSPS) is 10.6. The van der Waals surface area contributed by atoms with E-state index in [2.05, 4.69) is 21.2 Å². The van der Waals surface area contributed by atoms with Crippen LogP contribution in [0.25, 0.3) is 0 Å². The van der Waals surface area contributed by atoms with E-state index in [1.54, 1.807) is 0 Å². The number of benzene rings is 1. The van der Waals surface area contributed by atoms with Gasteiger partial charge in [0.05, 0.1) is 5.56 Å². The zero-order valence-corrected chi connectivity index (χ0v) is 11.5. The van der Waals surface area contributed by atoms with Crippen LogP contribution in [0.2, 0.25) is 0 Å². The van der Waals surface area contributed by atoms with E-state index in [1.807, 2.05) is 44.1 Å². The molecule has 0 heterocycles. The van der Waals surface area contributed by atoms with Crippen LogP contribution in [-0.4, -0.2) is 38.0 Å². The van der Waals surface area contributed by atoms with E-state index in [1.165, 1.54) is 0 Å². The van der Waals surface area contributed by atoms with Crippen molar-refractivity contribution in [2.24, 2.45) is 0 Å². The Kier molecular flexibility index (Phi) is 4.96. The van der Waals surface area contributed by atoms with Crippen molar-refractivity contribution in [1.82, 2.24) is 10.2 Å². The molecule has 0 fully saturated rings. The number of hydrogen-bond acceptors (Lipinski definition) is 2. The number of aryl methyl sites for hydroxylation is 1. The van der Waals surface area contributed by atoms with Crippen molar-refractivity contribution in [3.8, 4) is 0 Å². The lowest BCUT2D eigenvalue weighted by Crippen LogP contribution is -2.31. The molecule has 0 aliphatic rings. The van der Waals surface area contributed by atoms with E-state index in [-0.39, 0.29) is 5.91 Å². The summed E-state index contributed by atoms with van der Waals surface area (Å²) < 4.78 is 0.842. The van der Waals surface area contributed by atoms with Crippen molar-refractivity contribution < 1.29 is 4.79 Å². The van der Waals surface area contributed by atoms with E-state index in [0.717, 1.165) is 22.1 Å². The van der Waals surface area contributed by atoms with Gasteiger partial charge >= 0.3 is 0 Å². The Morgan fingerprint density at radius 2 is 2.12 bits per heavy atom. The van der Waals surface area contributed by atoms with Gasteiger partial charge in [0.25, 0.3) is 5.91 Å². The fourth-order valence-corrected chi connectivity index (χ4v) is 2.05. The first-order valence-electron chi connectivity index (χ1n) is 5.20. The number of carbonyl (C=O) groups is 1. The number of likely N-dealkylation sites (N-methyl/N-ethyl adjacent to an activating group) is 1. The first-order chi connectivity index (χ1) is 7.52. The zero-order valence-electron chi connectivity index (χ0n) is 9.88. The van der Waals surface area contributed by atoms with Crippen LogP contribution in [0.5, 0.6) is 0 Å². The molecule has 0 aliphatic carbocycles. The van der Waals surface area contributed by atoms with Gasteiger partial charge in [-0.05, 0) is 48.6 Å². The van der Waals surface area contributed by atoms with Crippen LogP contribution in [-0.2, 0) is 0 Å². The third-order valence-electron chi connectivity index (χ3n) is 2.29. The third-order valence-corrected chi connectivity index (χ3v) is 2.95. The summed E-state index contributed by atoms with van der Waals surface area (Å²) >= 11 is 3.40. The molecule has 1 aromatic carbocycles. The molecule has 1 amide bonds. The summed E-state index contributed by atoms with van der Waals surface area (Å²) in [7, 11) is 3.96. The van der Waals surface area contributed by atoms with E-state index in [4.69, 9.17) is 0 Å². The average molecular weight is 285 g/mol.